The van der Waals surface area contributed by atoms with Crippen LogP contribution in [0.1, 0.15) is 21.5 Å². The van der Waals surface area contributed by atoms with Crippen molar-refractivity contribution < 1.29 is 4.79 Å². The molecule has 0 aliphatic heterocycles. The molecule has 0 aromatic heterocycles. The van der Waals surface area contributed by atoms with E-state index in [-0.39, 0.29) is 10.7 Å². The predicted octanol–water partition coefficient (Wildman–Crippen LogP) is 4.07. The van der Waals surface area contributed by atoms with Crippen LogP contribution in [0.25, 0.3) is 0 Å². The molecule has 5 heteroatoms. The van der Waals surface area contributed by atoms with E-state index in [4.69, 9.17) is 5.26 Å². The minimum Gasteiger partial charge on any atom is -0.351 e. The first-order valence-electron chi connectivity index (χ1n) is 6.71. The van der Waals surface area contributed by atoms with Crippen LogP contribution in [0.3, 0.4) is 0 Å². The molecule has 0 spiro atoms. The molecule has 2 atom stereocenters. The first-order chi connectivity index (χ1) is 10.6. The highest BCUT2D eigenvalue weighted by molar-refractivity contribution is 9.12. The van der Waals surface area contributed by atoms with Gasteiger partial charge >= 0.3 is 0 Å². The largest absolute Gasteiger partial charge is 0.351 e. The van der Waals surface area contributed by atoms with Gasteiger partial charge in [-0.3, -0.25) is 4.79 Å². The molecular formula is C17H14Br2N2O. The molecule has 1 amide bonds. The monoisotopic (exact) mass is 420 g/mol. The Bertz CT molecular complexity index is 665. The Hall–Kier alpha value is -1.64. The van der Waals surface area contributed by atoms with Crippen LogP contribution in [0.15, 0.2) is 54.6 Å². The van der Waals surface area contributed by atoms with Crippen LogP contribution in [0.2, 0.25) is 0 Å². The lowest BCUT2D eigenvalue weighted by atomic mass is 10.1. The number of nitriles is 1. The first-order valence-corrected chi connectivity index (χ1v) is 8.55. The number of amides is 1. The van der Waals surface area contributed by atoms with Crippen LogP contribution in [-0.2, 0) is 11.3 Å². The molecule has 0 heterocycles. The summed E-state index contributed by atoms with van der Waals surface area (Å²) in [4.78, 5) is 11.6. The summed E-state index contributed by atoms with van der Waals surface area (Å²) in [6.07, 6.45) is 0. The van der Waals surface area contributed by atoms with Crippen molar-refractivity contribution in [2.75, 3.05) is 0 Å². The Morgan fingerprint density at radius 1 is 1.09 bits per heavy atom. The van der Waals surface area contributed by atoms with E-state index in [1.807, 2.05) is 42.5 Å². The van der Waals surface area contributed by atoms with Crippen LogP contribution in [0.4, 0.5) is 0 Å². The smallest absolute Gasteiger partial charge is 0.235 e. The molecule has 0 aliphatic rings. The van der Waals surface area contributed by atoms with Crippen molar-refractivity contribution in [3.8, 4) is 6.07 Å². The summed E-state index contributed by atoms with van der Waals surface area (Å²) in [5.41, 5.74) is 2.60. The Kier molecular flexibility index (Phi) is 6.17. The zero-order chi connectivity index (χ0) is 15.9. The Morgan fingerprint density at radius 2 is 1.73 bits per heavy atom. The van der Waals surface area contributed by atoms with E-state index in [9.17, 15) is 4.79 Å². The standard InChI is InChI=1S/C17H14Br2N2O/c18-15(14-8-6-12(10-20)7-9-14)16(19)17(22)21-11-13-4-2-1-3-5-13/h1-9,15-16H,11H2,(H,21,22)/t15-,16+/m0/s1. The number of nitrogens with one attached hydrogen (secondary N) is 1. The number of hydrogen-bond donors (Lipinski definition) is 1. The summed E-state index contributed by atoms with van der Waals surface area (Å²) < 4.78 is 0. The van der Waals surface area contributed by atoms with Crippen molar-refractivity contribution in [3.05, 3.63) is 71.3 Å². The fourth-order valence-corrected chi connectivity index (χ4v) is 2.94. The molecule has 0 unspecified atom stereocenters. The van der Waals surface area contributed by atoms with Gasteiger partial charge in [0.1, 0.15) is 4.83 Å². The highest BCUT2D eigenvalue weighted by Crippen LogP contribution is 2.31. The topological polar surface area (TPSA) is 52.9 Å². The van der Waals surface area contributed by atoms with Crippen molar-refractivity contribution in [2.24, 2.45) is 0 Å². The molecule has 0 aliphatic carbocycles. The van der Waals surface area contributed by atoms with Gasteiger partial charge in [-0.25, -0.2) is 0 Å². The maximum absolute atomic E-state index is 12.2. The van der Waals surface area contributed by atoms with E-state index >= 15 is 0 Å². The summed E-state index contributed by atoms with van der Waals surface area (Å²) >= 11 is 6.96. The van der Waals surface area contributed by atoms with Gasteiger partial charge in [0.15, 0.2) is 0 Å². The maximum Gasteiger partial charge on any atom is 0.235 e. The molecular weight excluding hydrogens is 408 g/mol. The number of rotatable bonds is 5. The third-order valence-electron chi connectivity index (χ3n) is 3.18. The van der Waals surface area contributed by atoms with Crippen molar-refractivity contribution in [1.82, 2.24) is 5.32 Å². The van der Waals surface area contributed by atoms with Gasteiger partial charge in [0.2, 0.25) is 5.91 Å². The number of nitrogens with zero attached hydrogens (tertiary/aromatic N) is 1. The van der Waals surface area contributed by atoms with E-state index < -0.39 is 4.83 Å². The fourth-order valence-electron chi connectivity index (χ4n) is 1.93. The normalized spacial score (nSPS) is 13.0. The van der Waals surface area contributed by atoms with E-state index in [0.29, 0.717) is 12.1 Å². The Balaban J connectivity index is 1.95. The van der Waals surface area contributed by atoms with Crippen LogP contribution in [-0.4, -0.2) is 10.7 Å². The van der Waals surface area contributed by atoms with Crippen LogP contribution >= 0.6 is 31.9 Å². The van der Waals surface area contributed by atoms with Gasteiger partial charge in [-0.05, 0) is 23.3 Å². The highest BCUT2D eigenvalue weighted by atomic mass is 79.9. The summed E-state index contributed by atoms with van der Waals surface area (Å²) in [5.74, 6) is -0.0879. The van der Waals surface area contributed by atoms with E-state index in [1.54, 1.807) is 12.1 Å². The maximum atomic E-state index is 12.2. The average Bonchev–Trinajstić information content (AvgIpc) is 2.59. The van der Waals surface area contributed by atoms with Crippen LogP contribution < -0.4 is 5.32 Å². The van der Waals surface area contributed by atoms with Crippen molar-refractivity contribution >= 4 is 37.8 Å². The van der Waals surface area contributed by atoms with Crippen molar-refractivity contribution in [1.29, 1.82) is 5.26 Å². The van der Waals surface area contributed by atoms with E-state index in [0.717, 1.165) is 11.1 Å². The number of benzene rings is 2. The zero-order valence-corrected chi connectivity index (χ0v) is 14.8. The molecule has 0 bridgehead atoms. The minimum atomic E-state index is -0.399. The van der Waals surface area contributed by atoms with Gasteiger partial charge < -0.3 is 5.32 Å². The van der Waals surface area contributed by atoms with Gasteiger partial charge in [-0.2, -0.15) is 5.26 Å². The average molecular weight is 422 g/mol. The molecule has 22 heavy (non-hydrogen) atoms. The third-order valence-corrected chi connectivity index (χ3v) is 5.89. The second-order valence-electron chi connectivity index (χ2n) is 4.74. The summed E-state index contributed by atoms with van der Waals surface area (Å²) in [5, 5.41) is 11.7. The molecule has 2 aromatic carbocycles. The first kappa shape index (κ1) is 16.7. The van der Waals surface area contributed by atoms with E-state index in [1.165, 1.54) is 0 Å². The molecule has 2 rings (SSSR count). The number of carbonyl (C=O) groups excluding carboxylic acids is 1. The SMILES string of the molecule is N#Cc1ccc([C@H](Br)[C@@H](Br)C(=O)NCc2ccccc2)cc1. The van der Waals surface area contributed by atoms with Crippen LogP contribution in [0, 0.1) is 11.3 Å². The lowest BCUT2D eigenvalue weighted by Crippen LogP contribution is -2.32. The van der Waals surface area contributed by atoms with Crippen molar-refractivity contribution in [2.45, 2.75) is 16.2 Å². The highest BCUT2D eigenvalue weighted by Gasteiger charge is 2.24. The molecule has 112 valence electrons. The van der Waals surface area contributed by atoms with E-state index in [2.05, 4.69) is 43.2 Å². The quantitative estimate of drug-likeness (QED) is 0.739. The summed E-state index contributed by atoms with van der Waals surface area (Å²) in [6, 6.07) is 19.0. The number of carbonyl (C=O) groups is 1. The van der Waals surface area contributed by atoms with Crippen LogP contribution in [0.5, 0.6) is 0 Å². The minimum absolute atomic E-state index is 0.0879. The van der Waals surface area contributed by atoms with Gasteiger partial charge in [0.25, 0.3) is 0 Å². The molecule has 1 N–H and O–H groups in total. The number of alkyl halides is 2. The third kappa shape index (κ3) is 4.43. The molecule has 2 aromatic rings. The molecule has 0 fully saturated rings. The molecule has 0 saturated heterocycles. The Labute approximate surface area is 146 Å². The predicted molar refractivity (Wildman–Crippen MR) is 93.8 cm³/mol. The lowest BCUT2D eigenvalue weighted by Gasteiger charge is -2.17. The number of hydrogen-bond acceptors (Lipinski definition) is 2. The van der Waals surface area contributed by atoms with Gasteiger partial charge in [-0.15, -0.1) is 0 Å². The van der Waals surface area contributed by atoms with Gasteiger partial charge in [-0.1, -0.05) is 74.3 Å². The Morgan fingerprint density at radius 3 is 2.32 bits per heavy atom. The second kappa shape index (κ2) is 8.11. The molecule has 3 nitrogen and oxygen atoms in total. The fraction of sp³-hybridized carbons (Fsp3) is 0.176. The number of halogens is 2. The summed E-state index contributed by atoms with van der Waals surface area (Å²) in [6.45, 7) is 0.495. The van der Waals surface area contributed by atoms with Gasteiger partial charge in [0, 0.05) is 6.54 Å². The zero-order valence-electron chi connectivity index (χ0n) is 11.7. The molecule has 0 saturated carbocycles. The second-order valence-corrected chi connectivity index (χ2v) is 6.71. The molecule has 0 radical (unpaired) electrons. The lowest BCUT2D eigenvalue weighted by molar-refractivity contribution is -0.120. The van der Waals surface area contributed by atoms with Gasteiger partial charge in [0.05, 0.1) is 16.5 Å². The van der Waals surface area contributed by atoms with Crippen molar-refractivity contribution in [3.63, 3.8) is 0 Å². The summed E-state index contributed by atoms with van der Waals surface area (Å²) in [7, 11) is 0.